The van der Waals surface area contributed by atoms with E-state index in [1.807, 2.05) is 63.2 Å². The van der Waals surface area contributed by atoms with Gasteiger partial charge < -0.3 is 15.0 Å². The summed E-state index contributed by atoms with van der Waals surface area (Å²) >= 11 is 0. The minimum absolute atomic E-state index is 0.111. The van der Waals surface area contributed by atoms with E-state index in [1.54, 1.807) is 6.07 Å². The van der Waals surface area contributed by atoms with Crippen LogP contribution in [0.5, 0.6) is 0 Å². The van der Waals surface area contributed by atoms with Crippen LogP contribution in [0.25, 0.3) is 0 Å². The van der Waals surface area contributed by atoms with Crippen LogP contribution in [0.3, 0.4) is 0 Å². The van der Waals surface area contributed by atoms with E-state index >= 15 is 0 Å². The molecule has 1 atom stereocenters. The highest BCUT2D eigenvalue weighted by molar-refractivity contribution is 6.10. The summed E-state index contributed by atoms with van der Waals surface area (Å²) in [5.41, 5.74) is 4.75. The molecule has 1 fully saturated rings. The van der Waals surface area contributed by atoms with Crippen molar-refractivity contribution in [3.63, 3.8) is 0 Å². The van der Waals surface area contributed by atoms with Gasteiger partial charge in [0.15, 0.2) is 0 Å². The number of aryl methyl sites for hydroxylation is 2. The van der Waals surface area contributed by atoms with Gasteiger partial charge in [-0.15, -0.1) is 0 Å². The number of ether oxygens (including phenoxy) is 1. The van der Waals surface area contributed by atoms with Gasteiger partial charge in [-0.2, -0.15) is 0 Å². The number of anilines is 2. The quantitative estimate of drug-likeness (QED) is 0.599. The van der Waals surface area contributed by atoms with E-state index in [1.165, 1.54) is 0 Å². The SMILES string of the molecule is Cc1cc(C)cc(NC(=NCC2CCCO2)NC(=O)c2cccc(N(C)C)c2)c1. The summed E-state index contributed by atoms with van der Waals surface area (Å²) in [6.45, 7) is 5.40. The Morgan fingerprint density at radius 2 is 1.93 bits per heavy atom. The second kappa shape index (κ2) is 9.56. The lowest BCUT2D eigenvalue weighted by atomic mass is 10.1. The first-order chi connectivity index (χ1) is 13.9. The highest BCUT2D eigenvalue weighted by Gasteiger charge is 2.16. The first-order valence-corrected chi connectivity index (χ1v) is 10.0. The zero-order valence-electron chi connectivity index (χ0n) is 17.7. The van der Waals surface area contributed by atoms with E-state index in [9.17, 15) is 4.79 Å². The Morgan fingerprint density at radius 1 is 1.17 bits per heavy atom. The molecule has 1 aliphatic heterocycles. The summed E-state index contributed by atoms with van der Waals surface area (Å²) in [4.78, 5) is 19.5. The number of rotatable bonds is 5. The van der Waals surface area contributed by atoms with Crippen LogP contribution in [0.15, 0.2) is 47.5 Å². The molecule has 3 rings (SSSR count). The topological polar surface area (TPSA) is 66.0 Å². The van der Waals surface area contributed by atoms with E-state index in [0.717, 1.165) is 42.0 Å². The molecular weight excluding hydrogens is 364 g/mol. The van der Waals surface area contributed by atoms with E-state index in [4.69, 9.17) is 4.74 Å². The lowest BCUT2D eigenvalue weighted by Crippen LogP contribution is -2.37. The molecule has 6 nitrogen and oxygen atoms in total. The highest BCUT2D eigenvalue weighted by Crippen LogP contribution is 2.16. The van der Waals surface area contributed by atoms with Gasteiger partial charge in [-0.25, -0.2) is 4.99 Å². The Labute approximate surface area is 173 Å². The Bertz CT molecular complexity index is 866. The molecule has 1 heterocycles. The highest BCUT2D eigenvalue weighted by atomic mass is 16.5. The average molecular weight is 395 g/mol. The van der Waals surface area contributed by atoms with Gasteiger partial charge >= 0.3 is 0 Å². The molecule has 1 saturated heterocycles. The second-order valence-corrected chi connectivity index (χ2v) is 7.72. The molecular formula is C23H30N4O2. The van der Waals surface area contributed by atoms with Crippen molar-refractivity contribution >= 4 is 23.2 Å². The van der Waals surface area contributed by atoms with Crippen LogP contribution < -0.4 is 15.5 Å². The van der Waals surface area contributed by atoms with Crippen molar-refractivity contribution < 1.29 is 9.53 Å². The van der Waals surface area contributed by atoms with E-state index in [2.05, 4.69) is 21.7 Å². The lowest BCUT2D eigenvalue weighted by Gasteiger charge is -2.16. The summed E-state index contributed by atoms with van der Waals surface area (Å²) < 4.78 is 5.67. The molecule has 0 aliphatic carbocycles. The standard InChI is InChI=1S/C23H30N4O2/c1-16-11-17(2)13-19(12-16)25-23(24-15-21-9-6-10-29-21)26-22(28)18-7-5-8-20(14-18)27(3)4/h5,7-8,11-14,21H,6,9-10,15H2,1-4H3,(H2,24,25,26,28). The third-order valence-corrected chi connectivity index (χ3v) is 4.82. The van der Waals surface area contributed by atoms with Crippen LogP contribution in [-0.2, 0) is 4.74 Å². The molecule has 0 spiro atoms. The van der Waals surface area contributed by atoms with Crippen molar-refractivity contribution in [3.8, 4) is 0 Å². The van der Waals surface area contributed by atoms with Crippen molar-refractivity contribution in [1.82, 2.24) is 5.32 Å². The molecule has 0 aromatic heterocycles. The predicted octanol–water partition coefficient (Wildman–Crippen LogP) is 3.75. The zero-order valence-corrected chi connectivity index (χ0v) is 17.7. The van der Waals surface area contributed by atoms with Crippen molar-refractivity contribution in [2.24, 2.45) is 4.99 Å². The van der Waals surface area contributed by atoms with Crippen molar-refractivity contribution in [3.05, 3.63) is 59.2 Å². The van der Waals surface area contributed by atoms with Crippen LogP contribution in [0.1, 0.15) is 34.3 Å². The smallest absolute Gasteiger partial charge is 0.258 e. The number of amides is 1. The Kier molecular flexibility index (Phi) is 6.88. The lowest BCUT2D eigenvalue weighted by molar-refractivity contribution is 0.0975. The summed E-state index contributed by atoms with van der Waals surface area (Å²) in [5, 5.41) is 6.21. The van der Waals surface area contributed by atoms with Crippen LogP contribution >= 0.6 is 0 Å². The molecule has 29 heavy (non-hydrogen) atoms. The summed E-state index contributed by atoms with van der Waals surface area (Å²) in [6.07, 6.45) is 2.17. The van der Waals surface area contributed by atoms with Crippen LogP contribution in [-0.4, -0.2) is 45.2 Å². The number of nitrogens with one attached hydrogen (secondary N) is 2. The largest absolute Gasteiger partial charge is 0.378 e. The van der Waals surface area contributed by atoms with Gasteiger partial charge in [-0.1, -0.05) is 12.1 Å². The number of hydrogen-bond acceptors (Lipinski definition) is 4. The first-order valence-electron chi connectivity index (χ1n) is 10.0. The molecule has 0 saturated carbocycles. The minimum Gasteiger partial charge on any atom is -0.378 e. The fourth-order valence-electron chi connectivity index (χ4n) is 3.38. The van der Waals surface area contributed by atoms with Gasteiger partial charge in [0.25, 0.3) is 5.91 Å². The predicted molar refractivity (Wildman–Crippen MR) is 119 cm³/mol. The number of hydrogen-bond donors (Lipinski definition) is 2. The van der Waals surface area contributed by atoms with Crippen LogP contribution in [0.2, 0.25) is 0 Å². The number of benzene rings is 2. The summed E-state index contributed by atoms with van der Waals surface area (Å²) in [7, 11) is 3.90. The van der Waals surface area contributed by atoms with Gasteiger partial charge in [-0.3, -0.25) is 10.1 Å². The Morgan fingerprint density at radius 3 is 2.59 bits per heavy atom. The molecule has 2 N–H and O–H groups in total. The number of aliphatic imine (C=N–C) groups is 1. The normalized spacial score (nSPS) is 16.6. The minimum atomic E-state index is -0.198. The maximum Gasteiger partial charge on any atom is 0.258 e. The first kappa shape index (κ1) is 20.9. The van der Waals surface area contributed by atoms with Gasteiger partial charge in [-0.05, 0) is 68.1 Å². The third kappa shape index (κ3) is 6.06. The molecule has 154 valence electrons. The molecule has 2 aromatic rings. The van der Waals surface area contributed by atoms with Gasteiger partial charge in [0, 0.05) is 37.6 Å². The Hall–Kier alpha value is -2.86. The van der Waals surface area contributed by atoms with E-state index in [0.29, 0.717) is 18.1 Å². The number of carbonyl (C=O) groups excluding carboxylic acids is 1. The maximum absolute atomic E-state index is 12.9. The van der Waals surface area contributed by atoms with Gasteiger partial charge in [0.1, 0.15) is 0 Å². The van der Waals surface area contributed by atoms with Crippen molar-refractivity contribution in [2.45, 2.75) is 32.8 Å². The van der Waals surface area contributed by atoms with E-state index in [-0.39, 0.29) is 12.0 Å². The summed E-state index contributed by atoms with van der Waals surface area (Å²) in [5.74, 6) is 0.238. The number of guanidine groups is 1. The second-order valence-electron chi connectivity index (χ2n) is 7.72. The molecule has 1 aliphatic rings. The third-order valence-electron chi connectivity index (χ3n) is 4.82. The summed E-state index contributed by atoms with van der Waals surface area (Å²) in [6, 6.07) is 13.7. The monoisotopic (exact) mass is 394 g/mol. The fraction of sp³-hybridized carbons (Fsp3) is 0.391. The fourth-order valence-corrected chi connectivity index (χ4v) is 3.38. The van der Waals surface area contributed by atoms with Crippen molar-refractivity contribution in [2.75, 3.05) is 37.5 Å². The molecule has 1 amide bonds. The Balaban J connectivity index is 1.79. The molecule has 0 bridgehead atoms. The molecule has 0 radical (unpaired) electrons. The average Bonchev–Trinajstić information content (AvgIpc) is 3.19. The van der Waals surface area contributed by atoms with Gasteiger partial charge in [0.2, 0.25) is 5.96 Å². The van der Waals surface area contributed by atoms with Crippen LogP contribution in [0, 0.1) is 13.8 Å². The maximum atomic E-state index is 12.9. The van der Waals surface area contributed by atoms with Gasteiger partial charge in [0.05, 0.1) is 12.6 Å². The number of carbonyl (C=O) groups is 1. The van der Waals surface area contributed by atoms with Crippen LogP contribution in [0.4, 0.5) is 11.4 Å². The van der Waals surface area contributed by atoms with Crippen molar-refractivity contribution in [1.29, 1.82) is 0 Å². The molecule has 2 aromatic carbocycles. The number of nitrogens with zero attached hydrogens (tertiary/aromatic N) is 2. The molecule has 1 unspecified atom stereocenters. The molecule has 6 heteroatoms. The zero-order chi connectivity index (χ0) is 20.8. The van der Waals surface area contributed by atoms with E-state index < -0.39 is 0 Å².